The summed E-state index contributed by atoms with van der Waals surface area (Å²) < 4.78 is 5.51. The van der Waals surface area contributed by atoms with Crippen molar-refractivity contribution in [3.8, 4) is 0 Å². The summed E-state index contributed by atoms with van der Waals surface area (Å²) >= 11 is 12.0. The Morgan fingerprint density at radius 2 is 1.83 bits per heavy atom. The fourth-order valence-corrected chi connectivity index (χ4v) is 4.37. The van der Waals surface area contributed by atoms with Gasteiger partial charge in [0, 0.05) is 33.5 Å². The highest BCUT2D eigenvalue weighted by molar-refractivity contribution is 6.35. The van der Waals surface area contributed by atoms with Crippen molar-refractivity contribution in [2.45, 2.75) is 52.7 Å². The second-order valence-corrected chi connectivity index (χ2v) is 9.45. The molecule has 0 aromatic heterocycles. The molecule has 1 aliphatic heterocycles. The van der Waals surface area contributed by atoms with E-state index in [1.807, 2.05) is 6.92 Å². The van der Waals surface area contributed by atoms with E-state index in [4.69, 9.17) is 27.9 Å². The molecule has 186 valence electrons. The summed E-state index contributed by atoms with van der Waals surface area (Å²) in [6.07, 6.45) is 1.39. The number of carbonyl (C=O) groups excluding carboxylic acids is 3. The molecule has 0 aliphatic carbocycles. The van der Waals surface area contributed by atoms with Gasteiger partial charge in [-0.15, -0.1) is 0 Å². The lowest BCUT2D eigenvalue weighted by molar-refractivity contribution is -0.143. The summed E-state index contributed by atoms with van der Waals surface area (Å²) in [5, 5.41) is 6.45. The van der Waals surface area contributed by atoms with Gasteiger partial charge in [0.05, 0.1) is 17.7 Å². The van der Waals surface area contributed by atoms with E-state index in [0.717, 1.165) is 12.8 Å². The lowest BCUT2D eigenvalue weighted by Crippen LogP contribution is -2.48. The number of esters is 1. The van der Waals surface area contributed by atoms with E-state index < -0.39 is 17.9 Å². The monoisotopic (exact) mass is 517 g/mol. The minimum Gasteiger partial charge on any atom is -0.459 e. The van der Waals surface area contributed by atoms with Crippen LogP contribution in [0.15, 0.2) is 53.7 Å². The molecule has 3 rings (SSSR count). The van der Waals surface area contributed by atoms with Crippen LogP contribution in [0.4, 0.5) is 10.5 Å². The van der Waals surface area contributed by atoms with Gasteiger partial charge in [0.25, 0.3) is 5.91 Å². The first-order valence-electron chi connectivity index (χ1n) is 11.5. The molecule has 0 spiro atoms. The van der Waals surface area contributed by atoms with Gasteiger partial charge in [-0.2, -0.15) is 0 Å². The van der Waals surface area contributed by atoms with Crippen LogP contribution in [0.2, 0.25) is 10.0 Å². The Balaban J connectivity index is 1.95. The maximum absolute atomic E-state index is 13.1. The fraction of sp³-hybridized carbons (Fsp3) is 0.346. The number of unbranched alkanes of at least 4 members (excludes halogenated alkanes) is 1. The fourth-order valence-electron chi connectivity index (χ4n) is 3.84. The first-order valence-corrected chi connectivity index (χ1v) is 12.2. The Morgan fingerprint density at radius 1 is 1.14 bits per heavy atom. The summed E-state index contributed by atoms with van der Waals surface area (Å²) in [4.78, 5) is 40.4. The molecule has 0 bridgehead atoms. The van der Waals surface area contributed by atoms with Crippen LogP contribution in [-0.4, -0.2) is 35.5 Å². The first-order chi connectivity index (χ1) is 16.6. The SMILES string of the molecule is CCCCN1C(=O)NC(c2cccc(NC(=O)c3cc(Cl)cc(Cl)c3)c2)C(C(=O)OC(C)C)=C1C. The number of hydrogen-bond acceptors (Lipinski definition) is 4. The van der Waals surface area contributed by atoms with E-state index in [1.54, 1.807) is 56.0 Å². The molecule has 1 heterocycles. The van der Waals surface area contributed by atoms with Crippen LogP contribution in [0.25, 0.3) is 0 Å². The average molecular weight is 518 g/mol. The van der Waals surface area contributed by atoms with Gasteiger partial charge in [0.15, 0.2) is 0 Å². The largest absolute Gasteiger partial charge is 0.459 e. The van der Waals surface area contributed by atoms with Gasteiger partial charge in [-0.3, -0.25) is 9.69 Å². The molecule has 0 radical (unpaired) electrons. The van der Waals surface area contributed by atoms with E-state index in [9.17, 15) is 14.4 Å². The molecule has 1 atom stereocenters. The minimum atomic E-state index is -0.732. The normalized spacial score (nSPS) is 15.8. The number of halogens is 2. The number of nitrogens with one attached hydrogen (secondary N) is 2. The number of hydrogen-bond donors (Lipinski definition) is 2. The van der Waals surface area contributed by atoms with Gasteiger partial charge in [-0.05, 0) is 63.1 Å². The van der Waals surface area contributed by atoms with Crippen LogP contribution in [0.3, 0.4) is 0 Å². The molecule has 2 aromatic rings. The van der Waals surface area contributed by atoms with Gasteiger partial charge in [-0.1, -0.05) is 48.7 Å². The Hall–Kier alpha value is -3.03. The summed E-state index contributed by atoms with van der Waals surface area (Å²) in [5.74, 6) is -0.886. The number of allylic oxidation sites excluding steroid dienone is 1. The van der Waals surface area contributed by atoms with Gasteiger partial charge < -0.3 is 15.4 Å². The Kier molecular flexibility index (Phi) is 8.81. The van der Waals surface area contributed by atoms with E-state index >= 15 is 0 Å². The average Bonchev–Trinajstić information content (AvgIpc) is 2.77. The highest BCUT2D eigenvalue weighted by atomic mass is 35.5. The van der Waals surface area contributed by atoms with Crippen molar-refractivity contribution in [2.24, 2.45) is 0 Å². The number of ether oxygens (including phenoxy) is 1. The standard InChI is InChI=1S/C26H29Cl2N3O4/c1-5-6-10-31-16(4)22(25(33)35-15(2)3)23(30-26(31)34)17-8-7-9-21(13-17)29-24(32)18-11-19(27)14-20(28)12-18/h7-9,11-15,23H,5-6,10H2,1-4H3,(H,29,32)(H,30,34). The molecule has 1 aliphatic rings. The third-order valence-corrected chi connectivity index (χ3v) is 5.93. The number of rotatable bonds is 8. The molecule has 9 heteroatoms. The second kappa shape index (κ2) is 11.6. The molecule has 1 unspecified atom stereocenters. The van der Waals surface area contributed by atoms with Gasteiger partial charge in [0.2, 0.25) is 0 Å². The van der Waals surface area contributed by atoms with Crippen molar-refractivity contribution in [3.05, 3.63) is 74.9 Å². The second-order valence-electron chi connectivity index (χ2n) is 8.58. The van der Waals surface area contributed by atoms with Crippen molar-refractivity contribution in [2.75, 3.05) is 11.9 Å². The van der Waals surface area contributed by atoms with Crippen molar-refractivity contribution >= 4 is 46.8 Å². The highest BCUT2D eigenvalue weighted by Gasteiger charge is 2.36. The Morgan fingerprint density at radius 3 is 2.46 bits per heavy atom. The molecule has 2 N–H and O–H groups in total. The van der Waals surface area contributed by atoms with E-state index in [1.165, 1.54) is 12.1 Å². The summed E-state index contributed by atoms with van der Waals surface area (Å²) in [7, 11) is 0. The van der Waals surface area contributed by atoms with Crippen LogP contribution < -0.4 is 10.6 Å². The quantitative estimate of drug-likeness (QED) is 0.400. The zero-order valence-corrected chi connectivity index (χ0v) is 21.7. The topological polar surface area (TPSA) is 87.7 Å². The van der Waals surface area contributed by atoms with Crippen LogP contribution in [0.5, 0.6) is 0 Å². The Labute approximate surface area is 215 Å². The van der Waals surface area contributed by atoms with Crippen LogP contribution in [-0.2, 0) is 9.53 Å². The predicted octanol–water partition coefficient (Wildman–Crippen LogP) is 6.34. The summed E-state index contributed by atoms with van der Waals surface area (Å²) in [6.45, 7) is 7.84. The predicted molar refractivity (Wildman–Crippen MR) is 138 cm³/mol. The van der Waals surface area contributed by atoms with Crippen LogP contribution >= 0.6 is 23.2 Å². The first kappa shape index (κ1) is 26.6. The van der Waals surface area contributed by atoms with Crippen molar-refractivity contribution < 1.29 is 19.1 Å². The molecule has 3 amide bonds. The van der Waals surface area contributed by atoms with E-state index in [0.29, 0.717) is 44.7 Å². The molecule has 0 saturated carbocycles. The molecular formula is C26H29Cl2N3O4. The molecule has 35 heavy (non-hydrogen) atoms. The zero-order valence-electron chi connectivity index (χ0n) is 20.2. The number of carbonyl (C=O) groups is 3. The zero-order chi connectivity index (χ0) is 25.7. The lowest BCUT2D eigenvalue weighted by Gasteiger charge is -2.35. The van der Waals surface area contributed by atoms with Crippen molar-refractivity contribution in [1.29, 1.82) is 0 Å². The lowest BCUT2D eigenvalue weighted by atomic mass is 9.94. The molecule has 7 nitrogen and oxygen atoms in total. The number of benzene rings is 2. The number of urea groups is 1. The third kappa shape index (κ3) is 6.55. The minimum absolute atomic E-state index is 0.287. The van der Waals surface area contributed by atoms with E-state index in [-0.39, 0.29) is 12.1 Å². The van der Waals surface area contributed by atoms with E-state index in [2.05, 4.69) is 10.6 Å². The highest BCUT2D eigenvalue weighted by Crippen LogP contribution is 2.33. The van der Waals surface area contributed by atoms with Crippen LogP contribution in [0, 0.1) is 0 Å². The maximum atomic E-state index is 13.1. The molecule has 0 fully saturated rings. The number of amides is 3. The third-order valence-electron chi connectivity index (χ3n) is 5.50. The van der Waals surface area contributed by atoms with Crippen LogP contribution in [0.1, 0.15) is 62.5 Å². The smallest absolute Gasteiger partial charge is 0.338 e. The van der Waals surface area contributed by atoms with Gasteiger partial charge >= 0.3 is 12.0 Å². The summed E-state index contributed by atoms with van der Waals surface area (Å²) in [6, 6.07) is 10.5. The van der Waals surface area contributed by atoms with Gasteiger partial charge in [-0.25, -0.2) is 9.59 Å². The molecule has 2 aromatic carbocycles. The molecular weight excluding hydrogens is 489 g/mol. The van der Waals surface area contributed by atoms with Crippen molar-refractivity contribution in [3.63, 3.8) is 0 Å². The Bertz CT molecular complexity index is 1140. The maximum Gasteiger partial charge on any atom is 0.338 e. The molecule has 0 saturated heterocycles. The summed E-state index contributed by atoms with van der Waals surface area (Å²) in [5.41, 5.74) is 2.34. The van der Waals surface area contributed by atoms with Crippen molar-refractivity contribution in [1.82, 2.24) is 10.2 Å². The number of nitrogens with zero attached hydrogens (tertiary/aromatic N) is 1. The van der Waals surface area contributed by atoms with Gasteiger partial charge in [0.1, 0.15) is 0 Å². The number of anilines is 1.